The molecule has 87 valence electrons. The van der Waals surface area contributed by atoms with Crippen molar-refractivity contribution in [2.75, 3.05) is 5.73 Å². The largest absolute Gasteiger partial charge is 0.487 e. The van der Waals surface area contributed by atoms with Gasteiger partial charge in [-0.15, -0.1) is 0 Å². The van der Waals surface area contributed by atoms with Gasteiger partial charge in [-0.3, -0.25) is 0 Å². The van der Waals surface area contributed by atoms with Gasteiger partial charge in [0.15, 0.2) is 0 Å². The number of hydrogen-bond acceptors (Lipinski definition) is 2. The van der Waals surface area contributed by atoms with Crippen LogP contribution in [0.5, 0.6) is 5.75 Å². The Labute approximate surface area is 106 Å². The van der Waals surface area contributed by atoms with Crippen LogP contribution in [0.4, 0.5) is 5.69 Å². The Bertz CT molecular complexity index is 505. The van der Waals surface area contributed by atoms with Gasteiger partial charge in [0, 0.05) is 11.3 Å². The molecular weight excluding hydrogens is 234 g/mol. The van der Waals surface area contributed by atoms with Crippen LogP contribution in [0.2, 0.25) is 5.02 Å². The highest BCUT2D eigenvalue weighted by Gasteiger charge is 2.05. The molecule has 0 unspecified atom stereocenters. The van der Waals surface area contributed by atoms with E-state index in [2.05, 4.69) is 6.07 Å². The summed E-state index contributed by atoms with van der Waals surface area (Å²) in [5.41, 5.74) is 8.74. The van der Waals surface area contributed by atoms with Gasteiger partial charge in [0.05, 0.1) is 5.02 Å². The van der Waals surface area contributed by atoms with E-state index in [4.69, 9.17) is 22.1 Å². The molecule has 0 fully saturated rings. The lowest BCUT2D eigenvalue weighted by atomic mass is 10.1. The highest BCUT2D eigenvalue weighted by Crippen LogP contribution is 2.25. The molecule has 2 aromatic carbocycles. The van der Waals surface area contributed by atoms with E-state index in [0.29, 0.717) is 17.4 Å². The van der Waals surface area contributed by atoms with Gasteiger partial charge in [-0.25, -0.2) is 0 Å². The minimum absolute atomic E-state index is 0.413. The highest BCUT2D eigenvalue weighted by molar-refractivity contribution is 6.32. The minimum atomic E-state index is 0.413. The molecule has 0 heterocycles. The first-order valence-corrected chi connectivity index (χ1v) is 5.68. The predicted octanol–water partition coefficient (Wildman–Crippen LogP) is 3.61. The van der Waals surface area contributed by atoms with Crippen molar-refractivity contribution in [3.8, 4) is 5.75 Å². The number of rotatable bonds is 3. The number of nitrogens with two attached hydrogens (primary N) is 1. The number of benzene rings is 2. The van der Waals surface area contributed by atoms with Crippen molar-refractivity contribution in [1.29, 1.82) is 0 Å². The molecule has 3 heteroatoms. The van der Waals surface area contributed by atoms with Crippen LogP contribution in [0.25, 0.3) is 0 Å². The first-order chi connectivity index (χ1) is 8.18. The van der Waals surface area contributed by atoms with Crippen LogP contribution in [0, 0.1) is 13.0 Å². The monoisotopic (exact) mass is 246 g/mol. The summed E-state index contributed by atoms with van der Waals surface area (Å²) in [6.45, 7) is 2.42. The number of hydrogen-bond donors (Lipinski definition) is 1. The van der Waals surface area contributed by atoms with Crippen LogP contribution in [-0.4, -0.2) is 0 Å². The highest BCUT2D eigenvalue weighted by atomic mass is 35.5. The van der Waals surface area contributed by atoms with Crippen molar-refractivity contribution in [3.63, 3.8) is 0 Å². The fourth-order valence-electron chi connectivity index (χ4n) is 1.58. The van der Waals surface area contributed by atoms with E-state index in [1.807, 2.05) is 25.1 Å². The number of ether oxygens (including phenoxy) is 1. The Morgan fingerprint density at radius 2 is 2.18 bits per heavy atom. The maximum atomic E-state index is 5.99. The summed E-state index contributed by atoms with van der Waals surface area (Å²) < 4.78 is 5.64. The number of anilines is 1. The van der Waals surface area contributed by atoms with Crippen molar-refractivity contribution >= 4 is 17.3 Å². The van der Waals surface area contributed by atoms with Gasteiger partial charge in [-0.2, -0.15) is 0 Å². The quantitative estimate of drug-likeness (QED) is 0.840. The molecule has 2 aromatic rings. The molecule has 0 atom stereocenters. The van der Waals surface area contributed by atoms with E-state index in [0.717, 1.165) is 16.8 Å². The zero-order valence-electron chi connectivity index (χ0n) is 9.53. The molecule has 2 N–H and O–H groups in total. The van der Waals surface area contributed by atoms with Crippen molar-refractivity contribution in [1.82, 2.24) is 0 Å². The summed E-state index contributed by atoms with van der Waals surface area (Å²) >= 11 is 5.99. The molecule has 0 aromatic heterocycles. The molecule has 2 nitrogen and oxygen atoms in total. The summed E-state index contributed by atoms with van der Waals surface area (Å²) in [4.78, 5) is 0. The van der Waals surface area contributed by atoms with Crippen molar-refractivity contribution in [2.45, 2.75) is 13.5 Å². The molecule has 0 bridgehead atoms. The van der Waals surface area contributed by atoms with Gasteiger partial charge in [-0.1, -0.05) is 29.8 Å². The van der Waals surface area contributed by atoms with Crippen LogP contribution in [0.1, 0.15) is 11.1 Å². The van der Waals surface area contributed by atoms with Crippen LogP contribution < -0.4 is 10.5 Å². The van der Waals surface area contributed by atoms with Crippen LogP contribution in [0.3, 0.4) is 0 Å². The van der Waals surface area contributed by atoms with E-state index >= 15 is 0 Å². The third-order valence-corrected chi connectivity index (χ3v) is 2.91. The topological polar surface area (TPSA) is 35.2 Å². The molecule has 1 radical (unpaired) electrons. The zero-order chi connectivity index (χ0) is 12.3. The lowest BCUT2D eigenvalue weighted by molar-refractivity contribution is 0.306. The third kappa shape index (κ3) is 2.71. The fraction of sp³-hybridized carbons (Fsp3) is 0.143. The number of halogens is 1. The molecule has 0 amide bonds. The van der Waals surface area contributed by atoms with Gasteiger partial charge < -0.3 is 10.5 Å². The van der Waals surface area contributed by atoms with Gasteiger partial charge in [0.2, 0.25) is 0 Å². The second-order valence-corrected chi connectivity index (χ2v) is 4.20. The minimum Gasteiger partial charge on any atom is -0.487 e. The fourth-order valence-corrected chi connectivity index (χ4v) is 1.75. The van der Waals surface area contributed by atoms with Crippen LogP contribution in [-0.2, 0) is 6.61 Å². The Kier molecular flexibility index (Phi) is 3.55. The van der Waals surface area contributed by atoms with Crippen molar-refractivity contribution in [3.05, 3.63) is 58.6 Å². The Balaban J connectivity index is 2.16. The molecule has 0 spiro atoms. The van der Waals surface area contributed by atoms with Crippen molar-refractivity contribution in [2.24, 2.45) is 0 Å². The molecule has 2 rings (SSSR count). The molecule has 0 aliphatic rings. The van der Waals surface area contributed by atoms with Crippen LogP contribution >= 0.6 is 11.6 Å². The molecule has 17 heavy (non-hydrogen) atoms. The average Bonchev–Trinajstić information content (AvgIpc) is 2.30. The normalized spacial score (nSPS) is 10.2. The lowest BCUT2D eigenvalue weighted by Crippen LogP contribution is -2.02. The standard InChI is InChI=1S/C14H13ClNO/c1-10-5-4-7-13(16)11(10)9-17-14-8-3-2-6-12(14)15/h2,4-8H,9,16H2,1H3. The molecule has 0 saturated carbocycles. The van der Waals surface area contributed by atoms with Crippen molar-refractivity contribution < 1.29 is 4.74 Å². The van der Waals surface area contributed by atoms with Gasteiger partial charge in [0.1, 0.15) is 12.4 Å². The SMILES string of the molecule is Cc1cccc(N)c1COc1c[c]ccc1Cl. The summed E-state index contributed by atoms with van der Waals surface area (Å²) in [5, 5.41) is 0.580. The summed E-state index contributed by atoms with van der Waals surface area (Å²) in [6, 6.07) is 13.9. The van der Waals surface area contributed by atoms with E-state index in [-0.39, 0.29) is 0 Å². The average molecular weight is 247 g/mol. The summed E-state index contributed by atoms with van der Waals surface area (Å²) in [6.07, 6.45) is 0. The number of nitrogen functional groups attached to an aromatic ring is 1. The molecule has 0 aliphatic carbocycles. The smallest absolute Gasteiger partial charge is 0.139 e. The Hall–Kier alpha value is -1.67. The summed E-state index contributed by atoms with van der Waals surface area (Å²) in [7, 11) is 0. The van der Waals surface area contributed by atoms with E-state index in [9.17, 15) is 0 Å². The lowest BCUT2D eigenvalue weighted by Gasteiger charge is -2.11. The number of aryl methyl sites for hydroxylation is 1. The molecular formula is C14H13ClNO. The van der Waals surface area contributed by atoms with Gasteiger partial charge in [0.25, 0.3) is 0 Å². The maximum absolute atomic E-state index is 5.99. The van der Waals surface area contributed by atoms with E-state index < -0.39 is 0 Å². The Morgan fingerprint density at radius 3 is 2.88 bits per heavy atom. The Morgan fingerprint density at radius 1 is 1.35 bits per heavy atom. The van der Waals surface area contributed by atoms with Gasteiger partial charge in [-0.05, 0) is 36.8 Å². The van der Waals surface area contributed by atoms with Gasteiger partial charge >= 0.3 is 0 Å². The van der Waals surface area contributed by atoms with E-state index in [1.54, 1.807) is 18.2 Å². The predicted molar refractivity (Wildman–Crippen MR) is 70.2 cm³/mol. The zero-order valence-corrected chi connectivity index (χ0v) is 10.3. The van der Waals surface area contributed by atoms with E-state index in [1.165, 1.54) is 0 Å². The molecule has 0 saturated heterocycles. The maximum Gasteiger partial charge on any atom is 0.139 e. The molecule has 0 aliphatic heterocycles. The second-order valence-electron chi connectivity index (χ2n) is 3.79. The first kappa shape index (κ1) is 11.8. The third-order valence-electron chi connectivity index (χ3n) is 2.59. The summed E-state index contributed by atoms with van der Waals surface area (Å²) in [5.74, 6) is 0.622. The second kappa shape index (κ2) is 5.11. The first-order valence-electron chi connectivity index (χ1n) is 5.31. The van der Waals surface area contributed by atoms with Crippen LogP contribution in [0.15, 0.2) is 36.4 Å².